The number of aromatic nitrogens is 3. The average molecular weight is 424 g/mol. The van der Waals surface area contributed by atoms with Crippen molar-refractivity contribution >= 4 is 35.2 Å². The number of ether oxygens (including phenoxy) is 1. The Morgan fingerprint density at radius 3 is 2.61 bits per heavy atom. The van der Waals surface area contributed by atoms with Gasteiger partial charge in [0.25, 0.3) is 0 Å². The Morgan fingerprint density at radius 1 is 1.29 bits per heavy atom. The molecule has 0 radical (unpaired) electrons. The minimum atomic E-state index is -0.0293. The number of rotatable bonds is 7. The number of morpholine rings is 1. The summed E-state index contributed by atoms with van der Waals surface area (Å²) in [5, 5.41) is 10.1. The van der Waals surface area contributed by atoms with E-state index in [9.17, 15) is 4.79 Å². The van der Waals surface area contributed by atoms with E-state index >= 15 is 0 Å². The maximum atomic E-state index is 12.7. The Labute approximate surface area is 175 Å². The summed E-state index contributed by atoms with van der Waals surface area (Å²) in [4.78, 5) is 16.6. The molecule has 1 fully saturated rings. The molecule has 28 heavy (non-hydrogen) atoms. The van der Waals surface area contributed by atoms with Crippen molar-refractivity contribution in [1.82, 2.24) is 19.7 Å². The Balaban J connectivity index is 1.62. The first-order chi connectivity index (χ1) is 13.5. The molecule has 2 heterocycles. The van der Waals surface area contributed by atoms with E-state index in [1.54, 1.807) is 4.90 Å². The standard InChI is InChI=1S/C19H26ClN5O2S/c1-4-25-18(24-9-11-27-12-10-24)21-22-19(25)28-13-17(26)23(3)14(2)15-5-7-16(20)8-6-15/h5-8,14H,4,9-13H2,1-3H3. The molecule has 0 saturated carbocycles. The zero-order valence-corrected chi connectivity index (χ0v) is 18.0. The molecule has 1 aromatic heterocycles. The minimum Gasteiger partial charge on any atom is -0.378 e. The summed E-state index contributed by atoms with van der Waals surface area (Å²) in [5.41, 5.74) is 1.05. The lowest BCUT2D eigenvalue weighted by Crippen LogP contribution is -2.38. The number of anilines is 1. The third-order valence-corrected chi connectivity index (χ3v) is 6.16. The lowest BCUT2D eigenvalue weighted by atomic mass is 10.1. The van der Waals surface area contributed by atoms with Crippen molar-refractivity contribution in [2.45, 2.75) is 31.6 Å². The number of carbonyl (C=O) groups excluding carboxylic acids is 1. The fourth-order valence-electron chi connectivity index (χ4n) is 3.07. The summed E-state index contributed by atoms with van der Waals surface area (Å²) in [7, 11) is 1.83. The van der Waals surface area contributed by atoms with E-state index in [1.165, 1.54) is 11.8 Å². The highest BCUT2D eigenvalue weighted by Gasteiger charge is 2.22. The fraction of sp³-hybridized carbons (Fsp3) is 0.526. The van der Waals surface area contributed by atoms with Gasteiger partial charge in [0.2, 0.25) is 11.9 Å². The Hall–Kier alpha value is -1.77. The van der Waals surface area contributed by atoms with Crippen molar-refractivity contribution in [1.29, 1.82) is 0 Å². The molecule has 0 bridgehead atoms. The van der Waals surface area contributed by atoms with Gasteiger partial charge in [0, 0.05) is 31.7 Å². The molecular formula is C19H26ClN5O2S. The topological polar surface area (TPSA) is 63.5 Å². The van der Waals surface area contributed by atoms with Gasteiger partial charge in [-0.1, -0.05) is 35.5 Å². The monoisotopic (exact) mass is 423 g/mol. The smallest absolute Gasteiger partial charge is 0.233 e. The van der Waals surface area contributed by atoms with Gasteiger partial charge in [-0.25, -0.2) is 0 Å². The number of hydrogen-bond acceptors (Lipinski definition) is 6. The predicted molar refractivity (Wildman–Crippen MR) is 112 cm³/mol. The molecule has 0 N–H and O–H groups in total. The summed E-state index contributed by atoms with van der Waals surface area (Å²) < 4.78 is 7.47. The van der Waals surface area contributed by atoms with Crippen molar-refractivity contribution < 1.29 is 9.53 Å². The lowest BCUT2D eigenvalue weighted by Gasteiger charge is -2.27. The first kappa shape index (κ1) is 21.0. The number of hydrogen-bond donors (Lipinski definition) is 0. The second-order valence-electron chi connectivity index (χ2n) is 6.65. The molecular weight excluding hydrogens is 398 g/mol. The quantitative estimate of drug-likeness (QED) is 0.637. The van der Waals surface area contributed by atoms with Gasteiger partial charge in [0.1, 0.15) is 0 Å². The van der Waals surface area contributed by atoms with E-state index in [1.807, 2.05) is 38.2 Å². The summed E-state index contributed by atoms with van der Waals surface area (Å²) in [6.07, 6.45) is 0. The van der Waals surface area contributed by atoms with E-state index in [0.717, 1.165) is 36.3 Å². The highest BCUT2D eigenvalue weighted by molar-refractivity contribution is 7.99. The summed E-state index contributed by atoms with van der Waals surface area (Å²) in [6, 6.07) is 7.56. The number of nitrogens with zero attached hydrogens (tertiary/aromatic N) is 5. The van der Waals surface area contributed by atoms with Crippen LogP contribution in [0.5, 0.6) is 0 Å². The molecule has 152 valence electrons. The highest BCUT2D eigenvalue weighted by Crippen LogP contribution is 2.25. The molecule has 1 saturated heterocycles. The Kier molecular flexibility index (Phi) is 7.20. The van der Waals surface area contributed by atoms with Gasteiger partial charge in [0.05, 0.1) is 25.0 Å². The molecule has 0 spiro atoms. The van der Waals surface area contributed by atoms with E-state index < -0.39 is 0 Å². The Morgan fingerprint density at radius 2 is 1.96 bits per heavy atom. The third kappa shape index (κ3) is 4.79. The van der Waals surface area contributed by atoms with Crippen molar-refractivity contribution in [3.05, 3.63) is 34.9 Å². The van der Waals surface area contributed by atoms with Gasteiger partial charge in [-0.05, 0) is 31.5 Å². The number of halogens is 1. The van der Waals surface area contributed by atoms with Crippen LogP contribution < -0.4 is 4.90 Å². The van der Waals surface area contributed by atoms with Crippen LogP contribution in [0, 0.1) is 0 Å². The second kappa shape index (κ2) is 9.62. The van der Waals surface area contributed by atoms with Gasteiger partial charge >= 0.3 is 0 Å². The molecule has 1 aliphatic rings. The zero-order chi connectivity index (χ0) is 20.1. The van der Waals surface area contributed by atoms with Crippen LogP contribution in [0.4, 0.5) is 5.95 Å². The van der Waals surface area contributed by atoms with E-state index in [2.05, 4.69) is 26.6 Å². The maximum absolute atomic E-state index is 12.7. The van der Waals surface area contributed by atoms with Crippen LogP contribution in [-0.4, -0.2) is 64.7 Å². The number of amides is 1. The van der Waals surface area contributed by atoms with Crippen molar-refractivity contribution in [3.63, 3.8) is 0 Å². The zero-order valence-electron chi connectivity index (χ0n) is 16.5. The van der Waals surface area contributed by atoms with Gasteiger partial charge < -0.3 is 14.5 Å². The van der Waals surface area contributed by atoms with E-state index in [4.69, 9.17) is 16.3 Å². The highest BCUT2D eigenvalue weighted by atomic mass is 35.5. The van der Waals surface area contributed by atoms with Crippen molar-refractivity contribution in [3.8, 4) is 0 Å². The molecule has 3 rings (SSSR count). The number of benzene rings is 1. The van der Waals surface area contributed by atoms with Gasteiger partial charge in [0.15, 0.2) is 5.16 Å². The minimum absolute atomic E-state index is 0.0293. The largest absolute Gasteiger partial charge is 0.378 e. The molecule has 1 atom stereocenters. The van der Waals surface area contributed by atoms with Crippen molar-refractivity contribution in [2.75, 3.05) is 44.0 Å². The van der Waals surface area contributed by atoms with Crippen LogP contribution in [-0.2, 0) is 16.1 Å². The van der Waals surface area contributed by atoms with Crippen LogP contribution in [0.15, 0.2) is 29.4 Å². The number of thioether (sulfide) groups is 1. The van der Waals surface area contributed by atoms with Crippen LogP contribution in [0.2, 0.25) is 5.02 Å². The van der Waals surface area contributed by atoms with Gasteiger partial charge in [-0.15, -0.1) is 10.2 Å². The molecule has 1 aromatic carbocycles. The van der Waals surface area contributed by atoms with Gasteiger partial charge in [-0.3, -0.25) is 9.36 Å². The third-order valence-electron chi connectivity index (χ3n) is 4.96. The summed E-state index contributed by atoms with van der Waals surface area (Å²) >= 11 is 7.38. The van der Waals surface area contributed by atoms with Crippen molar-refractivity contribution in [2.24, 2.45) is 0 Å². The maximum Gasteiger partial charge on any atom is 0.233 e. The summed E-state index contributed by atoms with van der Waals surface area (Å²) in [6.45, 7) is 7.85. The number of carbonyl (C=O) groups is 1. The van der Waals surface area contributed by atoms with E-state index in [0.29, 0.717) is 24.0 Å². The lowest BCUT2D eigenvalue weighted by molar-refractivity contribution is -0.128. The predicted octanol–water partition coefficient (Wildman–Crippen LogP) is 3.10. The molecule has 9 heteroatoms. The molecule has 2 aromatic rings. The summed E-state index contributed by atoms with van der Waals surface area (Å²) in [5.74, 6) is 1.21. The van der Waals surface area contributed by atoms with Crippen LogP contribution in [0.25, 0.3) is 0 Å². The van der Waals surface area contributed by atoms with Crippen LogP contribution in [0.3, 0.4) is 0 Å². The molecule has 1 aliphatic heterocycles. The molecule has 7 nitrogen and oxygen atoms in total. The first-order valence-corrected chi connectivity index (χ1v) is 10.8. The molecule has 0 aliphatic carbocycles. The van der Waals surface area contributed by atoms with E-state index in [-0.39, 0.29) is 11.9 Å². The fourth-order valence-corrected chi connectivity index (χ4v) is 4.12. The SMILES string of the molecule is CCn1c(SCC(=O)N(C)C(C)c2ccc(Cl)cc2)nnc1N1CCOCC1. The molecule has 1 amide bonds. The first-order valence-electron chi connectivity index (χ1n) is 9.41. The normalized spacial score (nSPS) is 15.5. The Bertz CT molecular complexity index is 792. The molecule has 1 unspecified atom stereocenters. The van der Waals surface area contributed by atoms with Crippen LogP contribution in [0.1, 0.15) is 25.5 Å². The second-order valence-corrected chi connectivity index (χ2v) is 8.03. The van der Waals surface area contributed by atoms with Gasteiger partial charge in [-0.2, -0.15) is 0 Å². The average Bonchev–Trinajstić information content (AvgIpc) is 3.15. The van der Waals surface area contributed by atoms with Crippen LogP contribution >= 0.6 is 23.4 Å².